The standard InChI is InChI=1S/C16H21FN4O/c1-11(2)6-7-22-15-5-4-14(17)8-13(15)9-19-21-10-12(3)20-16(21)18/h4-5,8-11H,6-7H2,1-3H3,(H2,18,20). The number of nitrogen functional groups attached to an aromatic ring is 1. The van der Waals surface area contributed by atoms with Gasteiger partial charge in [-0.3, -0.25) is 0 Å². The highest BCUT2D eigenvalue weighted by molar-refractivity contribution is 5.83. The van der Waals surface area contributed by atoms with Crippen molar-refractivity contribution in [3.63, 3.8) is 0 Å². The third kappa shape index (κ3) is 4.31. The lowest BCUT2D eigenvalue weighted by Crippen LogP contribution is -2.04. The van der Waals surface area contributed by atoms with E-state index in [4.69, 9.17) is 10.5 Å². The zero-order chi connectivity index (χ0) is 16.1. The fourth-order valence-corrected chi connectivity index (χ4v) is 1.88. The molecule has 5 nitrogen and oxygen atoms in total. The van der Waals surface area contributed by atoms with Gasteiger partial charge in [0.2, 0.25) is 5.95 Å². The number of aromatic nitrogens is 2. The van der Waals surface area contributed by atoms with Crippen LogP contribution >= 0.6 is 0 Å². The molecule has 0 aliphatic carbocycles. The molecule has 0 unspecified atom stereocenters. The predicted molar refractivity (Wildman–Crippen MR) is 85.7 cm³/mol. The SMILES string of the molecule is Cc1cn(N=Cc2cc(F)ccc2OCCC(C)C)c(N)n1. The van der Waals surface area contributed by atoms with E-state index >= 15 is 0 Å². The lowest BCUT2D eigenvalue weighted by Gasteiger charge is -2.10. The Balaban J connectivity index is 2.18. The van der Waals surface area contributed by atoms with Crippen LogP contribution in [0.1, 0.15) is 31.5 Å². The molecule has 0 bridgehead atoms. The summed E-state index contributed by atoms with van der Waals surface area (Å²) in [6.07, 6.45) is 4.15. The summed E-state index contributed by atoms with van der Waals surface area (Å²) >= 11 is 0. The maximum absolute atomic E-state index is 13.4. The number of anilines is 1. The van der Waals surface area contributed by atoms with Crippen molar-refractivity contribution in [3.05, 3.63) is 41.5 Å². The number of hydrogen-bond acceptors (Lipinski definition) is 4. The van der Waals surface area contributed by atoms with Gasteiger partial charge in [0.1, 0.15) is 11.6 Å². The number of imidazole rings is 1. The molecule has 1 heterocycles. The summed E-state index contributed by atoms with van der Waals surface area (Å²) in [5.41, 5.74) is 7.05. The molecule has 0 amide bonds. The molecule has 0 radical (unpaired) electrons. The maximum Gasteiger partial charge on any atom is 0.221 e. The minimum absolute atomic E-state index is 0.285. The van der Waals surface area contributed by atoms with E-state index in [0.29, 0.717) is 23.8 Å². The summed E-state index contributed by atoms with van der Waals surface area (Å²) in [6.45, 7) is 6.66. The Labute approximate surface area is 129 Å². The lowest BCUT2D eigenvalue weighted by molar-refractivity contribution is 0.289. The first kappa shape index (κ1) is 16.0. The molecule has 1 aromatic heterocycles. The van der Waals surface area contributed by atoms with Gasteiger partial charge in [0.25, 0.3) is 0 Å². The van der Waals surface area contributed by atoms with Crippen LogP contribution in [-0.2, 0) is 0 Å². The first-order valence-corrected chi connectivity index (χ1v) is 7.24. The second-order valence-electron chi connectivity index (χ2n) is 5.54. The molecule has 2 rings (SSSR count). The van der Waals surface area contributed by atoms with E-state index in [9.17, 15) is 4.39 Å². The summed E-state index contributed by atoms with van der Waals surface area (Å²) in [5, 5.41) is 4.20. The van der Waals surface area contributed by atoms with Crippen molar-refractivity contribution < 1.29 is 9.13 Å². The van der Waals surface area contributed by atoms with Crippen LogP contribution in [0.25, 0.3) is 0 Å². The summed E-state index contributed by atoms with van der Waals surface area (Å²) in [6, 6.07) is 4.37. The number of rotatable bonds is 6. The van der Waals surface area contributed by atoms with Crippen molar-refractivity contribution in [2.75, 3.05) is 12.3 Å². The summed E-state index contributed by atoms with van der Waals surface area (Å²) in [7, 11) is 0. The summed E-state index contributed by atoms with van der Waals surface area (Å²) in [4.78, 5) is 4.05. The molecule has 2 aromatic rings. The van der Waals surface area contributed by atoms with E-state index in [-0.39, 0.29) is 11.8 Å². The molecule has 0 atom stereocenters. The molecular formula is C16H21FN4O. The van der Waals surface area contributed by atoms with Gasteiger partial charge in [0, 0.05) is 5.56 Å². The molecule has 0 saturated carbocycles. The van der Waals surface area contributed by atoms with Crippen LogP contribution in [0.5, 0.6) is 5.75 Å². The monoisotopic (exact) mass is 304 g/mol. The van der Waals surface area contributed by atoms with Crippen LogP contribution in [0.15, 0.2) is 29.5 Å². The van der Waals surface area contributed by atoms with Gasteiger partial charge in [-0.05, 0) is 37.5 Å². The molecule has 0 saturated heterocycles. The van der Waals surface area contributed by atoms with E-state index < -0.39 is 0 Å². The number of nitrogens with zero attached hydrogens (tertiary/aromatic N) is 3. The zero-order valence-corrected chi connectivity index (χ0v) is 13.1. The fraction of sp³-hybridized carbons (Fsp3) is 0.375. The highest BCUT2D eigenvalue weighted by Gasteiger charge is 2.05. The molecular weight excluding hydrogens is 283 g/mol. The van der Waals surface area contributed by atoms with Gasteiger partial charge in [-0.25, -0.2) is 14.1 Å². The van der Waals surface area contributed by atoms with Gasteiger partial charge in [-0.1, -0.05) is 13.8 Å². The topological polar surface area (TPSA) is 65.4 Å². The second kappa shape index (κ2) is 7.06. The summed E-state index contributed by atoms with van der Waals surface area (Å²) < 4.78 is 20.6. The van der Waals surface area contributed by atoms with E-state index in [1.165, 1.54) is 23.0 Å². The first-order valence-electron chi connectivity index (χ1n) is 7.24. The largest absolute Gasteiger partial charge is 0.493 e. The van der Waals surface area contributed by atoms with Gasteiger partial charge in [0.15, 0.2) is 0 Å². The van der Waals surface area contributed by atoms with Crippen molar-refractivity contribution in [3.8, 4) is 5.75 Å². The Hall–Kier alpha value is -2.37. The highest BCUT2D eigenvalue weighted by atomic mass is 19.1. The van der Waals surface area contributed by atoms with Gasteiger partial charge in [-0.2, -0.15) is 5.10 Å². The number of hydrogen-bond donors (Lipinski definition) is 1. The molecule has 0 aliphatic rings. The summed E-state index contributed by atoms with van der Waals surface area (Å²) in [5.74, 6) is 1.09. The highest BCUT2D eigenvalue weighted by Crippen LogP contribution is 2.19. The fourth-order valence-electron chi connectivity index (χ4n) is 1.88. The number of aryl methyl sites for hydroxylation is 1. The minimum atomic E-state index is -0.340. The van der Waals surface area contributed by atoms with Crippen molar-refractivity contribution in [1.29, 1.82) is 0 Å². The van der Waals surface area contributed by atoms with Crippen molar-refractivity contribution >= 4 is 12.2 Å². The number of halogens is 1. The van der Waals surface area contributed by atoms with Crippen LogP contribution < -0.4 is 10.5 Å². The van der Waals surface area contributed by atoms with Crippen molar-refractivity contribution in [2.24, 2.45) is 11.0 Å². The van der Waals surface area contributed by atoms with Crippen LogP contribution in [0.4, 0.5) is 10.3 Å². The third-order valence-corrected chi connectivity index (χ3v) is 3.08. The van der Waals surface area contributed by atoms with Crippen LogP contribution in [-0.4, -0.2) is 22.5 Å². The van der Waals surface area contributed by atoms with E-state index in [2.05, 4.69) is 23.9 Å². The van der Waals surface area contributed by atoms with Gasteiger partial charge in [-0.15, -0.1) is 0 Å². The van der Waals surface area contributed by atoms with E-state index in [1.54, 1.807) is 12.3 Å². The Morgan fingerprint density at radius 1 is 1.45 bits per heavy atom. The van der Waals surface area contributed by atoms with Crippen LogP contribution in [0.3, 0.4) is 0 Å². The van der Waals surface area contributed by atoms with Crippen LogP contribution in [0.2, 0.25) is 0 Å². The Morgan fingerprint density at radius 2 is 2.23 bits per heavy atom. The molecule has 6 heteroatoms. The van der Waals surface area contributed by atoms with E-state index in [0.717, 1.165) is 12.1 Å². The Kier molecular flexibility index (Phi) is 5.14. The molecule has 2 N–H and O–H groups in total. The maximum atomic E-state index is 13.4. The quantitative estimate of drug-likeness (QED) is 0.833. The smallest absolute Gasteiger partial charge is 0.221 e. The van der Waals surface area contributed by atoms with Crippen LogP contribution in [0, 0.1) is 18.7 Å². The molecule has 22 heavy (non-hydrogen) atoms. The average molecular weight is 304 g/mol. The third-order valence-electron chi connectivity index (χ3n) is 3.08. The molecule has 118 valence electrons. The molecule has 0 fully saturated rings. The molecule has 0 aliphatic heterocycles. The van der Waals surface area contributed by atoms with E-state index in [1.807, 2.05) is 6.92 Å². The second-order valence-corrected chi connectivity index (χ2v) is 5.54. The van der Waals surface area contributed by atoms with Crippen molar-refractivity contribution in [1.82, 2.24) is 9.66 Å². The number of nitrogens with two attached hydrogens (primary N) is 1. The normalized spacial score (nSPS) is 11.5. The zero-order valence-electron chi connectivity index (χ0n) is 13.1. The van der Waals surface area contributed by atoms with Gasteiger partial charge >= 0.3 is 0 Å². The average Bonchev–Trinajstić information content (AvgIpc) is 2.76. The molecule has 0 spiro atoms. The first-order chi connectivity index (χ1) is 10.5. The minimum Gasteiger partial charge on any atom is -0.493 e. The Bertz CT molecular complexity index is 664. The number of benzene rings is 1. The lowest BCUT2D eigenvalue weighted by atomic mass is 10.1. The number of ether oxygens (including phenoxy) is 1. The van der Waals surface area contributed by atoms with Gasteiger partial charge < -0.3 is 10.5 Å². The predicted octanol–water partition coefficient (Wildman–Crippen LogP) is 3.22. The van der Waals surface area contributed by atoms with Gasteiger partial charge in [0.05, 0.1) is 24.7 Å². The Morgan fingerprint density at radius 3 is 2.86 bits per heavy atom. The molecule has 1 aromatic carbocycles. The van der Waals surface area contributed by atoms with Crippen molar-refractivity contribution in [2.45, 2.75) is 27.2 Å².